The summed E-state index contributed by atoms with van der Waals surface area (Å²) in [5.41, 5.74) is 3.90. The molecule has 158 valence electrons. The second-order valence-corrected chi connectivity index (χ2v) is 8.93. The number of hydrogen-bond donors (Lipinski definition) is 1. The Balaban J connectivity index is 1.49. The molecule has 0 fully saturated rings. The van der Waals surface area contributed by atoms with E-state index in [1.807, 2.05) is 53.2 Å². The number of halogens is 1. The molecular weight excluding hydrogens is 432 g/mol. The molecule has 0 saturated carbocycles. The van der Waals surface area contributed by atoms with E-state index in [1.54, 1.807) is 18.9 Å². The van der Waals surface area contributed by atoms with Crippen LogP contribution in [0.2, 0.25) is 5.02 Å². The maximum atomic E-state index is 12.9. The third-order valence-corrected chi connectivity index (χ3v) is 6.72. The summed E-state index contributed by atoms with van der Waals surface area (Å²) in [5, 5.41) is 9.53. The van der Waals surface area contributed by atoms with Crippen molar-refractivity contribution in [3.05, 3.63) is 76.0 Å². The summed E-state index contributed by atoms with van der Waals surface area (Å²) < 4.78 is 7.14. The quantitative estimate of drug-likeness (QED) is 0.533. The smallest absolute Gasteiger partial charge is 0.227 e. The molecule has 1 N–H and O–H groups in total. The van der Waals surface area contributed by atoms with Crippen molar-refractivity contribution in [1.82, 2.24) is 14.8 Å². The monoisotopic (exact) mass is 452 g/mol. The Kier molecular flexibility index (Phi) is 5.46. The number of Topliss-reactive ketones (excluding diaryl/α,β-unsaturated/α-hetero) is 1. The van der Waals surface area contributed by atoms with Crippen LogP contribution in [0.25, 0.3) is 0 Å². The van der Waals surface area contributed by atoms with Gasteiger partial charge in [0.2, 0.25) is 11.1 Å². The molecule has 2 aromatic carbocycles. The van der Waals surface area contributed by atoms with E-state index in [0.717, 1.165) is 51.8 Å². The van der Waals surface area contributed by atoms with Crippen LogP contribution in [-0.4, -0.2) is 27.7 Å². The highest BCUT2D eigenvalue weighted by molar-refractivity contribution is 7.98. The molecule has 3 aromatic rings. The first-order chi connectivity index (χ1) is 15.1. The van der Waals surface area contributed by atoms with Gasteiger partial charge in [0, 0.05) is 28.5 Å². The zero-order chi connectivity index (χ0) is 21.4. The van der Waals surface area contributed by atoms with Crippen LogP contribution < -0.4 is 10.1 Å². The van der Waals surface area contributed by atoms with Gasteiger partial charge in [-0.1, -0.05) is 47.6 Å². The second-order valence-electron chi connectivity index (χ2n) is 7.55. The Labute approximate surface area is 189 Å². The van der Waals surface area contributed by atoms with Crippen molar-refractivity contribution in [2.24, 2.45) is 0 Å². The van der Waals surface area contributed by atoms with Gasteiger partial charge in [-0.15, -0.1) is 5.10 Å². The summed E-state index contributed by atoms with van der Waals surface area (Å²) in [6.07, 6.45) is 2.26. The minimum atomic E-state index is -0.290. The topological polar surface area (TPSA) is 69.0 Å². The summed E-state index contributed by atoms with van der Waals surface area (Å²) >= 11 is 7.54. The van der Waals surface area contributed by atoms with Crippen molar-refractivity contribution in [3.8, 4) is 5.75 Å². The number of aromatic nitrogens is 3. The molecule has 0 bridgehead atoms. The fraction of sp³-hybridized carbons (Fsp3) is 0.261. The maximum Gasteiger partial charge on any atom is 0.227 e. The van der Waals surface area contributed by atoms with Gasteiger partial charge in [-0.25, -0.2) is 4.68 Å². The lowest BCUT2D eigenvalue weighted by molar-refractivity contribution is -0.116. The molecule has 8 heteroatoms. The molecule has 0 amide bonds. The van der Waals surface area contributed by atoms with Crippen molar-refractivity contribution in [2.45, 2.75) is 36.2 Å². The predicted molar refractivity (Wildman–Crippen MR) is 122 cm³/mol. The van der Waals surface area contributed by atoms with E-state index in [1.165, 1.54) is 0 Å². The largest absolute Gasteiger partial charge is 0.497 e. The van der Waals surface area contributed by atoms with Gasteiger partial charge in [-0.3, -0.25) is 4.79 Å². The number of ether oxygens (including phenoxy) is 1. The molecule has 31 heavy (non-hydrogen) atoms. The summed E-state index contributed by atoms with van der Waals surface area (Å²) in [4.78, 5) is 17.6. The Morgan fingerprint density at radius 2 is 1.94 bits per heavy atom. The number of rotatable bonds is 5. The molecule has 1 aromatic heterocycles. The Morgan fingerprint density at radius 1 is 1.16 bits per heavy atom. The molecule has 2 heterocycles. The molecule has 0 radical (unpaired) electrons. The van der Waals surface area contributed by atoms with E-state index in [4.69, 9.17) is 26.4 Å². The first-order valence-corrected chi connectivity index (χ1v) is 11.5. The van der Waals surface area contributed by atoms with Crippen LogP contribution in [-0.2, 0) is 10.5 Å². The zero-order valence-corrected chi connectivity index (χ0v) is 18.5. The van der Waals surface area contributed by atoms with Gasteiger partial charge in [0.25, 0.3) is 0 Å². The van der Waals surface area contributed by atoms with Gasteiger partial charge in [0.05, 0.1) is 7.11 Å². The highest BCUT2D eigenvalue weighted by atomic mass is 35.5. The molecule has 1 atom stereocenters. The van der Waals surface area contributed by atoms with Gasteiger partial charge in [-0.05, 0) is 48.2 Å². The highest BCUT2D eigenvalue weighted by Gasteiger charge is 2.36. The fourth-order valence-electron chi connectivity index (χ4n) is 4.02. The van der Waals surface area contributed by atoms with Gasteiger partial charge in [0.1, 0.15) is 11.8 Å². The lowest BCUT2D eigenvalue weighted by atomic mass is 9.85. The first kappa shape index (κ1) is 20.2. The maximum absolute atomic E-state index is 12.9. The molecular formula is C23H21ClN4O2S. The van der Waals surface area contributed by atoms with Gasteiger partial charge < -0.3 is 10.1 Å². The summed E-state index contributed by atoms with van der Waals surface area (Å²) in [6, 6.07) is 15.3. The van der Waals surface area contributed by atoms with E-state index in [0.29, 0.717) is 17.5 Å². The molecule has 0 unspecified atom stereocenters. The van der Waals surface area contributed by atoms with Crippen LogP contribution in [0.3, 0.4) is 0 Å². The minimum Gasteiger partial charge on any atom is -0.497 e. The van der Waals surface area contributed by atoms with Gasteiger partial charge in [-0.2, -0.15) is 4.98 Å². The molecule has 1 aliphatic carbocycles. The average Bonchev–Trinajstić information content (AvgIpc) is 3.20. The lowest BCUT2D eigenvalue weighted by Gasteiger charge is -2.32. The number of fused-ring (bicyclic) bond motifs is 1. The standard InChI is InChI=1S/C23H21ClN4O2S/c1-30-17-11-7-15(8-12-17)21-20-18(3-2-4-19(20)29)25-22-26-23(27-28(21)22)31-13-14-5-9-16(24)10-6-14/h5-12,21H,2-4,13H2,1H3,(H,25,26,27)/t21-/m1/s1. The summed E-state index contributed by atoms with van der Waals surface area (Å²) in [5.74, 6) is 2.36. The van der Waals surface area contributed by atoms with E-state index < -0.39 is 0 Å². The van der Waals surface area contributed by atoms with Crippen molar-refractivity contribution >= 4 is 35.1 Å². The third-order valence-electron chi connectivity index (χ3n) is 5.56. The Morgan fingerprint density at radius 3 is 2.68 bits per heavy atom. The van der Waals surface area contributed by atoms with E-state index >= 15 is 0 Å². The SMILES string of the molecule is COc1ccc([C@@H]2C3=C(CCCC3=O)Nc3nc(SCc4ccc(Cl)cc4)nn32)cc1. The van der Waals surface area contributed by atoms with Crippen LogP contribution in [0.1, 0.15) is 36.4 Å². The number of allylic oxidation sites excluding steroid dienone is 2. The Hall–Kier alpha value is -2.77. The minimum absolute atomic E-state index is 0.172. The van der Waals surface area contributed by atoms with Crippen LogP contribution >= 0.6 is 23.4 Å². The molecule has 1 aliphatic heterocycles. The van der Waals surface area contributed by atoms with Gasteiger partial charge in [0.15, 0.2) is 5.78 Å². The number of thioether (sulfide) groups is 1. The van der Waals surface area contributed by atoms with Gasteiger partial charge >= 0.3 is 0 Å². The summed E-state index contributed by atoms with van der Waals surface area (Å²) in [7, 11) is 1.64. The van der Waals surface area contributed by atoms with Crippen molar-refractivity contribution in [3.63, 3.8) is 0 Å². The molecule has 6 nitrogen and oxygen atoms in total. The van der Waals surface area contributed by atoms with Crippen LogP contribution in [0.4, 0.5) is 5.95 Å². The fourth-order valence-corrected chi connectivity index (χ4v) is 4.93. The molecule has 2 aliphatic rings. The number of nitrogens with one attached hydrogen (secondary N) is 1. The number of methoxy groups -OCH3 is 1. The number of hydrogen-bond acceptors (Lipinski definition) is 6. The number of anilines is 1. The number of benzene rings is 2. The highest BCUT2D eigenvalue weighted by Crippen LogP contribution is 2.41. The van der Waals surface area contributed by atoms with Crippen molar-refractivity contribution in [1.29, 1.82) is 0 Å². The first-order valence-electron chi connectivity index (χ1n) is 10.1. The Bertz CT molecular complexity index is 1160. The molecule has 5 rings (SSSR count). The predicted octanol–water partition coefficient (Wildman–Crippen LogP) is 5.25. The second kappa shape index (κ2) is 8.40. The lowest BCUT2D eigenvalue weighted by Crippen LogP contribution is -2.31. The summed E-state index contributed by atoms with van der Waals surface area (Å²) in [6.45, 7) is 0. The number of carbonyl (C=O) groups excluding carboxylic acids is 1. The van der Waals surface area contributed by atoms with E-state index in [2.05, 4.69) is 5.32 Å². The zero-order valence-electron chi connectivity index (χ0n) is 17.0. The van der Waals surface area contributed by atoms with E-state index in [9.17, 15) is 4.79 Å². The van der Waals surface area contributed by atoms with Crippen molar-refractivity contribution < 1.29 is 9.53 Å². The number of carbonyl (C=O) groups is 1. The number of nitrogens with zero attached hydrogens (tertiary/aromatic N) is 3. The molecule has 0 spiro atoms. The van der Waals surface area contributed by atoms with E-state index in [-0.39, 0.29) is 11.8 Å². The van der Waals surface area contributed by atoms with Crippen LogP contribution in [0.15, 0.2) is 65.0 Å². The average molecular weight is 453 g/mol. The van der Waals surface area contributed by atoms with Crippen LogP contribution in [0, 0.1) is 0 Å². The normalized spacial score (nSPS) is 17.7. The van der Waals surface area contributed by atoms with Crippen molar-refractivity contribution in [2.75, 3.05) is 12.4 Å². The van der Waals surface area contributed by atoms with Crippen LogP contribution in [0.5, 0.6) is 5.75 Å². The molecule has 0 saturated heterocycles. The number of ketones is 1. The third kappa shape index (κ3) is 3.95.